The van der Waals surface area contributed by atoms with Crippen LogP contribution >= 0.6 is 0 Å². The van der Waals surface area contributed by atoms with Crippen LogP contribution in [-0.4, -0.2) is 128 Å². The Morgan fingerprint density at radius 1 is 0.622 bits per heavy atom. The van der Waals surface area contributed by atoms with E-state index >= 15 is 0 Å². The van der Waals surface area contributed by atoms with E-state index in [4.69, 9.17) is 4.42 Å². The summed E-state index contributed by atoms with van der Waals surface area (Å²) in [7, 11) is 0. The van der Waals surface area contributed by atoms with Crippen LogP contribution in [0.1, 0.15) is 0 Å². The number of fused-ring (bicyclic) bond motifs is 1. The molecule has 1 heterocycles. The van der Waals surface area contributed by atoms with E-state index in [-0.39, 0.29) is 96.1 Å². The van der Waals surface area contributed by atoms with Crippen LogP contribution in [0.5, 0.6) is 0 Å². The number of aliphatic hydroxyl groups is 4. The van der Waals surface area contributed by atoms with Crippen molar-refractivity contribution in [1.82, 2.24) is 26.3 Å². The van der Waals surface area contributed by atoms with Crippen molar-refractivity contribution in [2.75, 3.05) is 88.6 Å². The van der Waals surface area contributed by atoms with Gasteiger partial charge in [-0.25, -0.2) is 4.98 Å². The molecule has 0 bridgehead atoms. The summed E-state index contributed by atoms with van der Waals surface area (Å²) in [5.74, 6) is -1.82. The second kappa shape index (κ2) is 18.1. The van der Waals surface area contributed by atoms with Gasteiger partial charge < -0.3 is 55.9 Å². The highest BCUT2D eigenvalue weighted by atomic mass is 16.3. The Hall–Kier alpha value is -4.77. The molecule has 0 aliphatic rings. The molecule has 0 aliphatic heterocycles. The summed E-state index contributed by atoms with van der Waals surface area (Å²) in [5, 5.41) is 46.9. The predicted octanol–water partition coefficient (Wildman–Crippen LogP) is -2.46. The standard InChI is InChI=1S/C29H39N7O9/c37-10-6-30-25(41)16-35(17-26(42)31-7-11-38)22-14-21-24(45-29(34-21)20-4-2-1-3-5-20)15-23(22)36(18-27(43)32-8-12-39)19-28(44)33-9-13-40/h1-5,14-15,37-40H,6-13,16-19H2,(H,30,41)(H,31,42)(H,32,43)(H,33,44). The minimum absolute atomic E-state index is 0.0266. The zero-order valence-electron chi connectivity index (χ0n) is 24.7. The van der Waals surface area contributed by atoms with Crippen LogP contribution in [0.25, 0.3) is 22.6 Å². The van der Waals surface area contributed by atoms with Crippen LogP contribution in [-0.2, 0) is 19.2 Å². The van der Waals surface area contributed by atoms with Gasteiger partial charge >= 0.3 is 0 Å². The SMILES string of the molecule is O=C(CN(CC(=O)NCCO)c1cc2nc(-c3ccccc3)oc2cc1N(CC(=O)NCCO)CC(=O)NCCO)NCCO. The van der Waals surface area contributed by atoms with Gasteiger partial charge in [0.2, 0.25) is 29.5 Å². The molecule has 0 fully saturated rings. The molecule has 8 N–H and O–H groups in total. The first-order chi connectivity index (χ1) is 21.8. The van der Waals surface area contributed by atoms with E-state index in [2.05, 4.69) is 26.3 Å². The van der Waals surface area contributed by atoms with Gasteiger partial charge in [0.25, 0.3) is 0 Å². The Morgan fingerprint density at radius 3 is 1.42 bits per heavy atom. The fraction of sp³-hybridized carbons (Fsp3) is 0.414. The highest BCUT2D eigenvalue weighted by Crippen LogP contribution is 2.36. The second-order valence-electron chi connectivity index (χ2n) is 9.70. The summed E-state index contributed by atoms with van der Waals surface area (Å²) in [6.45, 7) is -2.80. The molecule has 0 atom stereocenters. The number of hydrogen-bond donors (Lipinski definition) is 8. The van der Waals surface area contributed by atoms with E-state index in [0.29, 0.717) is 16.7 Å². The van der Waals surface area contributed by atoms with E-state index in [0.717, 1.165) is 0 Å². The van der Waals surface area contributed by atoms with Gasteiger partial charge in [-0.1, -0.05) is 18.2 Å². The molecular weight excluding hydrogens is 590 g/mol. The highest BCUT2D eigenvalue weighted by Gasteiger charge is 2.26. The van der Waals surface area contributed by atoms with Gasteiger partial charge in [0.15, 0.2) is 5.58 Å². The summed E-state index contributed by atoms with van der Waals surface area (Å²) in [6.07, 6.45) is 0. The first-order valence-corrected chi connectivity index (χ1v) is 14.3. The largest absolute Gasteiger partial charge is 0.436 e. The predicted molar refractivity (Wildman–Crippen MR) is 164 cm³/mol. The minimum Gasteiger partial charge on any atom is -0.436 e. The number of carbonyl (C=O) groups excluding carboxylic acids is 4. The van der Waals surface area contributed by atoms with Crippen molar-refractivity contribution in [1.29, 1.82) is 0 Å². The number of nitrogens with one attached hydrogen (secondary N) is 4. The van der Waals surface area contributed by atoms with Gasteiger partial charge in [-0.15, -0.1) is 0 Å². The van der Waals surface area contributed by atoms with Crippen molar-refractivity contribution >= 4 is 46.1 Å². The fourth-order valence-electron chi connectivity index (χ4n) is 4.31. The van der Waals surface area contributed by atoms with Crippen molar-refractivity contribution in [3.05, 3.63) is 42.5 Å². The Labute approximate surface area is 259 Å². The normalized spacial score (nSPS) is 10.8. The molecule has 1 aromatic heterocycles. The van der Waals surface area contributed by atoms with Crippen LogP contribution in [0.15, 0.2) is 46.9 Å². The molecule has 3 rings (SSSR count). The highest BCUT2D eigenvalue weighted by molar-refractivity contribution is 5.96. The summed E-state index contributed by atoms with van der Waals surface area (Å²) >= 11 is 0. The van der Waals surface area contributed by atoms with Crippen LogP contribution in [0, 0.1) is 0 Å². The molecule has 0 radical (unpaired) electrons. The van der Waals surface area contributed by atoms with Crippen molar-refractivity contribution in [3.8, 4) is 11.5 Å². The molecule has 0 aliphatic carbocycles. The molecule has 0 saturated heterocycles. The monoisotopic (exact) mass is 629 g/mol. The Kier molecular flexibility index (Phi) is 14.0. The van der Waals surface area contributed by atoms with E-state index in [1.807, 2.05) is 18.2 Å². The number of hydrogen-bond acceptors (Lipinski definition) is 12. The zero-order valence-corrected chi connectivity index (χ0v) is 24.7. The fourth-order valence-corrected chi connectivity index (χ4v) is 4.31. The second-order valence-corrected chi connectivity index (χ2v) is 9.70. The molecule has 3 aromatic rings. The van der Waals surface area contributed by atoms with Gasteiger partial charge in [-0.05, 0) is 18.2 Å². The third-order valence-corrected chi connectivity index (χ3v) is 6.26. The molecule has 0 spiro atoms. The molecule has 16 nitrogen and oxygen atoms in total. The number of aliphatic hydroxyl groups excluding tert-OH is 4. The summed E-state index contributed by atoms with van der Waals surface area (Å²) < 4.78 is 6.05. The molecule has 16 heteroatoms. The summed E-state index contributed by atoms with van der Waals surface area (Å²) in [6, 6.07) is 12.2. The maximum Gasteiger partial charge on any atom is 0.239 e. The van der Waals surface area contributed by atoms with E-state index in [1.165, 1.54) is 9.80 Å². The number of anilines is 2. The molecule has 4 amide bonds. The molecule has 0 saturated carbocycles. The zero-order chi connectivity index (χ0) is 32.6. The Balaban J connectivity index is 2.18. The quantitative estimate of drug-likeness (QED) is 0.0691. The van der Waals surface area contributed by atoms with Crippen molar-refractivity contribution in [2.45, 2.75) is 0 Å². The van der Waals surface area contributed by atoms with Gasteiger partial charge in [0.1, 0.15) is 5.52 Å². The summed E-state index contributed by atoms with van der Waals surface area (Å²) in [5.41, 5.74) is 1.82. The number of benzene rings is 2. The van der Waals surface area contributed by atoms with Crippen LogP contribution in [0.4, 0.5) is 11.4 Å². The number of nitrogens with zero attached hydrogens (tertiary/aromatic N) is 3. The Bertz CT molecular complexity index is 1290. The lowest BCUT2D eigenvalue weighted by atomic mass is 10.1. The first-order valence-electron chi connectivity index (χ1n) is 14.3. The molecular formula is C29H39N7O9. The third kappa shape index (κ3) is 10.7. The van der Waals surface area contributed by atoms with Crippen LogP contribution in [0.3, 0.4) is 0 Å². The summed E-state index contributed by atoms with van der Waals surface area (Å²) in [4.78, 5) is 58.8. The van der Waals surface area contributed by atoms with Crippen molar-refractivity contribution in [3.63, 3.8) is 0 Å². The first kappa shape index (κ1) is 34.7. The van der Waals surface area contributed by atoms with E-state index in [9.17, 15) is 39.6 Å². The maximum absolute atomic E-state index is 12.8. The van der Waals surface area contributed by atoms with Crippen molar-refractivity contribution in [2.24, 2.45) is 0 Å². The molecule has 0 unspecified atom stereocenters. The number of rotatable bonds is 19. The lowest BCUT2D eigenvalue weighted by Gasteiger charge is -2.31. The third-order valence-electron chi connectivity index (χ3n) is 6.26. The number of oxazole rings is 1. The van der Waals surface area contributed by atoms with E-state index < -0.39 is 23.6 Å². The van der Waals surface area contributed by atoms with Crippen molar-refractivity contribution < 1.29 is 44.0 Å². The maximum atomic E-state index is 12.8. The lowest BCUT2D eigenvalue weighted by Crippen LogP contribution is -2.46. The lowest BCUT2D eigenvalue weighted by molar-refractivity contribution is -0.122. The molecule has 2 aromatic carbocycles. The van der Waals surface area contributed by atoms with Crippen LogP contribution in [0.2, 0.25) is 0 Å². The Morgan fingerprint density at radius 2 is 1.02 bits per heavy atom. The average molecular weight is 630 g/mol. The topological polar surface area (TPSA) is 230 Å². The minimum atomic E-state index is -0.527. The number of amides is 4. The van der Waals surface area contributed by atoms with E-state index in [1.54, 1.807) is 24.3 Å². The van der Waals surface area contributed by atoms with Crippen LogP contribution < -0.4 is 31.1 Å². The molecule has 45 heavy (non-hydrogen) atoms. The van der Waals surface area contributed by atoms with Gasteiger partial charge in [-0.2, -0.15) is 0 Å². The molecule has 244 valence electrons. The number of carbonyl (C=O) groups is 4. The van der Waals surface area contributed by atoms with Gasteiger partial charge in [0.05, 0.1) is 64.0 Å². The smallest absolute Gasteiger partial charge is 0.239 e. The average Bonchev–Trinajstić information content (AvgIpc) is 3.47. The van der Waals surface area contributed by atoms with Gasteiger partial charge in [-0.3, -0.25) is 19.2 Å². The number of aromatic nitrogens is 1. The van der Waals surface area contributed by atoms with Gasteiger partial charge in [0, 0.05) is 37.8 Å².